The number of alkyl carbamates (subject to hydrolysis) is 1. The Labute approximate surface area is 209 Å². The zero-order valence-corrected chi connectivity index (χ0v) is 20.4. The van der Waals surface area contributed by atoms with Gasteiger partial charge in [0.1, 0.15) is 24.7 Å². The molecule has 5 N–H and O–H groups in total. The Morgan fingerprint density at radius 3 is 1.92 bits per heavy atom. The van der Waals surface area contributed by atoms with Crippen LogP contribution in [0.2, 0.25) is 0 Å². The molecule has 3 rings (SSSR count). The molecule has 0 heterocycles. The smallest absolute Gasteiger partial charge is 0.407 e. The number of fused-ring (bicyclic) bond motifs is 3. The minimum Gasteiger partial charge on any atom is -0.480 e. The van der Waals surface area contributed by atoms with Crippen molar-refractivity contribution in [3.8, 4) is 11.1 Å². The van der Waals surface area contributed by atoms with E-state index in [1.807, 2.05) is 48.5 Å². The number of aliphatic carboxylic acids is 1. The Balaban J connectivity index is 1.57. The van der Waals surface area contributed by atoms with Crippen LogP contribution in [0, 0.1) is 5.92 Å². The van der Waals surface area contributed by atoms with Crippen molar-refractivity contribution in [1.29, 1.82) is 0 Å². The van der Waals surface area contributed by atoms with Crippen molar-refractivity contribution in [2.45, 2.75) is 44.8 Å². The zero-order chi connectivity index (χ0) is 26.4. The quantitative estimate of drug-likeness (QED) is 0.334. The fraction of sp³-hybridized carbons (Fsp3) is 0.385. The van der Waals surface area contributed by atoms with Gasteiger partial charge in [-0.25, -0.2) is 9.59 Å². The maximum absolute atomic E-state index is 12.6. The van der Waals surface area contributed by atoms with Crippen LogP contribution in [-0.2, 0) is 19.1 Å². The summed E-state index contributed by atoms with van der Waals surface area (Å²) < 4.78 is 5.45. The van der Waals surface area contributed by atoms with E-state index in [2.05, 4.69) is 16.0 Å². The van der Waals surface area contributed by atoms with E-state index in [1.165, 1.54) is 6.92 Å². The molecule has 3 atom stereocenters. The van der Waals surface area contributed by atoms with Crippen LogP contribution in [0.15, 0.2) is 48.5 Å². The monoisotopic (exact) mass is 497 g/mol. The highest BCUT2D eigenvalue weighted by Gasteiger charge is 2.31. The number of hydrogen-bond donors (Lipinski definition) is 5. The molecular formula is C26H31N3O7. The predicted octanol–water partition coefficient (Wildman–Crippen LogP) is 1.62. The number of carboxylic acids is 1. The van der Waals surface area contributed by atoms with E-state index in [0.29, 0.717) is 0 Å². The summed E-state index contributed by atoms with van der Waals surface area (Å²) in [6.07, 6.45) is -0.781. The molecule has 1 aliphatic carbocycles. The van der Waals surface area contributed by atoms with E-state index in [9.17, 15) is 19.2 Å². The van der Waals surface area contributed by atoms with E-state index in [4.69, 9.17) is 14.9 Å². The van der Waals surface area contributed by atoms with Crippen molar-refractivity contribution in [2.24, 2.45) is 5.92 Å². The molecule has 0 saturated heterocycles. The molecule has 0 aliphatic heterocycles. The lowest BCUT2D eigenvalue weighted by Gasteiger charge is -2.25. The Hall–Kier alpha value is -3.92. The van der Waals surface area contributed by atoms with Gasteiger partial charge in [0.05, 0.1) is 6.61 Å². The first-order valence-corrected chi connectivity index (χ1v) is 11.7. The number of aliphatic hydroxyl groups excluding tert-OH is 1. The number of benzene rings is 2. The molecule has 36 heavy (non-hydrogen) atoms. The second-order valence-electron chi connectivity index (χ2n) is 9.00. The predicted molar refractivity (Wildman–Crippen MR) is 131 cm³/mol. The van der Waals surface area contributed by atoms with Crippen LogP contribution in [0.1, 0.15) is 37.8 Å². The molecule has 2 aromatic rings. The highest BCUT2D eigenvalue weighted by atomic mass is 16.5. The molecule has 0 fully saturated rings. The maximum atomic E-state index is 12.6. The van der Waals surface area contributed by atoms with Crippen LogP contribution >= 0.6 is 0 Å². The number of amides is 3. The normalized spacial score (nSPS) is 14.7. The van der Waals surface area contributed by atoms with Gasteiger partial charge in [0, 0.05) is 5.92 Å². The molecule has 10 nitrogen and oxygen atoms in total. The van der Waals surface area contributed by atoms with E-state index in [0.717, 1.165) is 22.3 Å². The molecule has 0 radical (unpaired) electrons. The third-order valence-corrected chi connectivity index (χ3v) is 6.12. The fourth-order valence-corrected chi connectivity index (χ4v) is 4.14. The van der Waals surface area contributed by atoms with E-state index in [-0.39, 0.29) is 18.4 Å². The minimum absolute atomic E-state index is 0.0863. The van der Waals surface area contributed by atoms with Gasteiger partial charge in [-0.3, -0.25) is 9.59 Å². The SMILES string of the molecule is CC(C)[C@H](NC(=O)[C@H](C)NC(=O)OCC1c2ccccc2-c2ccccc21)C(=O)N[C@@H](CO)C(=O)O. The van der Waals surface area contributed by atoms with Crippen molar-refractivity contribution in [3.05, 3.63) is 59.7 Å². The topological polar surface area (TPSA) is 154 Å². The van der Waals surface area contributed by atoms with Gasteiger partial charge in [-0.2, -0.15) is 0 Å². The number of rotatable bonds is 10. The van der Waals surface area contributed by atoms with Gasteiger partial charge < -0.3 is 30.9 Å². The summed E-state index contributed by atoms with van der Waals surface area (Å²) in [6, 6.07) is 12.3. The first-order chi connectivity index (χ1) is 17.1. The number of nitrogens with one attached hydrogen (secondary N) is 3. The summed E-state index contributed by atoms with van der Waals surface area (Å²) in [5.74, 6) is -3.31. The second kappa shape index (κ2) is 11.7. The molecule has 0 saturated carbocycles. The Morgan fingerprint density at radius 1 is 0.861 bits per heavy atom. The molecule has 1 aliphatic rings. The first-order valence-electron chi connectivity index (χ1n) is 11.7. The third kappa shape index (κ3) is 6.01. The Morgan fingerprint density at radius 2 is 1.42 bits per heavy atom. The molecule has 10 heteroatoms. The highest BCUT2D eigenvalue weighted by Crippen LogP contribution is 2.44. The lowest BCUT2D eigenvalue weighted by molar-refractivity contribution is -0.143. The van der Waals surface area contributed by atoms with Crippen LogP contribution in [0.4, 0.5) is 4.79 Å². The minimum atomic E-state index is -1.49. The number of aliphatic hydroxyl groups is 1. The Bertz CT molecular complexity index is 1090. The lowest BCUT2D eigenvalue weighted by atomic mass is 9.98. The average molecular weight is 498 g/mol. The molecule has 0 bridgehead atoms. The number of carbonyl (C=O) groups excluding carboxylic acids is 3. The van der Waals surface area contributed by atoms with Crippen LogP contribution in [0.25, 0.3) is 11.1 Å². The first kappa shape index (κ1) is 26.7. The zero-order valence-electron chi connectivity index (χ0n) is 20.4. The molecule has 0 aromatic heterocycles. The summed E-state index contributed by atoms with van der Waals surface area (Å²) in [7, 11) is 0. The fourth-order valence-electron chi connectivity index (χ4n) is 4.14. The van der Waals surface area contributed by atoms with E-state index < -0.39 is 48.6 Å². The summed E-state index contributed by atoms with van der Waals surface area (Å²) in [5.41, 5.74) is 4.31. The van der Waals surface area contributed by atoms with Gasteiger partial charge >= 0.3 is 12.1 Å². The molecule has 0 unspecified atom stereocenters. The van der Waals surface area contributed by atoms with Gasteiger partial charge in [0.15, 0.2) is 0 Å². The third-order valence-electron chi connectivity index (χ3n) is 6.12. The van der Waals surface area contributed by atoms with Crippen molar-refractivity contribution in [3.63, 3.8) is 0 Å². The van der Waals surface area contributed by atoms with Gasteiger partial charge in [-0.05, 0) is 35.1 Å². The second-order valence-corrected chi connectivity index (χ2v) is 9.00. The molecule has 0 spiro atoms. The molecular weight excluding hydrogens is 466 g/mol. The summed E-state index contributed by atoms with van der Waals surface area (Å²) in [6.45, 7) is 4.08. The van der Waals surface area contributed by atoms with Crippen molar-refractivity contribution in [1.82, 2.24) is 16.0 Å². The maximum Gasteiger partial charge on any atom is 0.407 e. The number of carbonyl (C=O) groups is 4. The van der Waals surface area contributed by atoms with E-state index >= 15 is 0 Å². The molecule has 3 amide bonds. The van der Waals surface area contributed by atoms with Crippen LogP contribution in [0.5, 0.6) is 0 Å². The summed E-state index contributed by atoms with van der Waals surface area (Å²) >= 11 is 0. The standard InChI is InChI=1S/C26H31N3O7/c1-14(2)22(24(32)28-21(12-30)25(33)34)29-23(31)15(3)27-26(35)36-13-20-18-10-6-4-8-16(18)17-9-5-7-11-19(17)20/h4-11,14-15,20-22,30H,12-13H2,1-3H3,(H,27,35)(H,28,32)(H,29,31)(H,33,34)/t15-,21-,22-/m0/s1. The van der Waals surface area contributed by atoms with Gasteiger partial charge in [-0.1, -0.05) is 62.4 Å². The summed E-state index contributed by atoms with van der Waals surface area (Å²) in [5, 5.41) is 25.3. The van der Waals surface area contributed by atoms with Gasteiger partial charge in [0.25, 0.3) is 0 Å². The van der Waals surface area contributed by atoms with Gasteiger partial charge in [0.2, 0.25) is 11.8 Å². The number of carboxylic acid groups (broad SMARTS) is 1. The summed E-state index contributed by atoms with van der Waals surface area (Å²) in [4.78, 5) is 48.7. The van der Waals surface area contributed by atoms with Gasteiger partial charge in [-0.15, -0.1) is 0 Å². The number of ether oxygens (including phenoxy) is 1. The Kier molecular flexibility index (Phi) is 8.65. The molecule has 2 aromatic carbocycles. The molecule has 192 valence electrons. The van der Waals surface area contributed by atoms with Crippen LogP contribution < -0.4 is 16.0 Å². The largest absolute Gasteiger partial charge is 0.480 e. The van der Waals surface area contributed by atoms with Crippen LogP contribution in [-0.4, -0.2) is 65.4 Å². The highest BCUT2D eigenvalue weighted by molar-refractivity contribution is 5.92. The van der Waals surface area contributed by atoms with Crippen LogP contribution in [0.3, 0.4) is 0 Å². The number of hydrogen-bond acceptors (Lipinski definition) is 6. The van der Waals surface area contributed by atoms with E-state index in [1.54, 1.807) is 13.8 Å². The average Bonchev–Trinajstić information content (AvgIpc) is 3.17. The van der Waals surface area contributed by atoms with Crippen molar-refractivity contribution < 1.29 is 34.1 Å². The van der Waals surface area contributed by atoms with Crippen molar-refractivity contribution in [2.75, 3.05) is 13.2 Å². The van der Waals surface area contributed by atoms with Crippen molar-refractivity contribution >= 4 is 23.9 Å². The lowest BCUT2D eigenvalue weighted by Crippen LogP contribution is -2.57.